The summed E-state index contributed by atoms with van der Waals surface area (Å²) in [7, 11) is -3.32. The molecule has 21 heavy (non-hydrogen) atoms. The topological polar surface area (TPSA) is 86.7 Å². The molecular formula is C14H20N2O4S. The fourth-order valence-electron chi connectivity index (χ4n) is 2.51. The lowest BCUT2D eigenvalue weighted by Gasteiger charge is -2.46. The summed E-state index contributed by atoms with van der Waals surface area (Å²) >= 11 is 0. The Bertz CT molecular complexity index is 619. The van der Waals surface area contributed by atoms with Gasteiger partial charge in [0.1, 0.15) is 0 Å². The average molecular weight is 312 g/mol. The average Bonchev–Trinajstić information content (AvgIpc) is 2.34. The van der Waals surface area contributed by atoms with Crippen LogP contribution in [-0.2, 0) is 10.0 Å². The van der Waals surface area contributed by atoms with E-state index in [-0.39, 0.29) is 5.91 Å². The van der Waals surface area contributed by atoms with E-state index in [4.69, 9.17) is 0 Å². The minimum absolute atomic E-state index is 0.151. The molecule has 1 fully saturated rings. The smallest absolute Gasteiger partial charge is 0.254 e. The fraction of sp³-hybridized carbons (Fsp3) is 0.500. The third-order valence-corrected chi connectivity index (χ3v) is 4.01. The molecule has 1 saturated heterocycles. The number of carbonyl (C=O) groups is 1. The number of hydrogen-bond acceptors (Lipinski definition) is 4. The molecule has 1 amide bonds. The molecule has 116 valence electrons. The van der Waals surface area contributed by atoms with E-state index in [1.807, 2.05) is 6.92 Å². The van der Waals surface area contributed by atoms with Gasteiger partial charge in [0.15, 0.2) is 0 Å². The van der Waals surface area contributed by atoms with Crippen molar-refractivity contribution in [2.45, 2.75) is 25.4 Å². The van der Waals surface area contributed by atoms with Gasteiger partial charge in [-0.15, -0.1) is 0 Å². The Kier molecular flexibility index (Phi) is 4.25. The van der Waals surface area contributed by atoms with Crippen LogP contribution in [-0.4, -0.2) is 49.3 Å². The molecule has 1 aromatic carbocycles. The molecule has 0 aromatic heterocycles. The first kappa shape index (κ1) is 15.8. The third-order valence-electron chi connectivity index (χ3n) is 3.41. The highest BCUT2D eigenvalue weighted by Gasteiger charge is 2.42. The first-order chi connectivity index (χ1) is 9.72. The number of nitrogens with zero attached hydrogens (tertiary/aromatic N) is 1. The summed E-state index contributed by atoms with van der Waals surface area (Å²) in [6, 6.07) is 6.25. The fourth-order valence-corrected chi connectivity index (χ4v) is 3.07. The van der Waals surface area contributed by atoms with Gasteiger partial charge in [0.2, 0.25) is 10.0 Å². The van der Waals surface area contributed by atoms with Gasteiger partial charge in [0.25, 0.3) is 5.91 Å². The summed E-state index contributed by atoms with van der Waals surface area (Å²) in [6.45, 7) is 2.70. The van der Waals surface area contributed by atoms with E-state index in [1.165, 1.54) is 0 Å². The Morgan fingerprint density at radius 3 is 2.38 bits per heavy atom. The van der Waals surface area contributed by atoms with Gasteiger partial charge in [-0.3, -0.25) is 9.52 Å². The summed E-state index contributed by atoms with van der Waals surface area (Å²) in [6.07, 6.45) is 2.64. The van der Waals surface area contributed by atoms with Crippen LogP contribution in [0.5, 0.6) is 0 Å². The quantitative estimate of drug-likeness (QED) is 0.850. The zero-order valence-electron chi connectivity index (χ0n) is 12.2. The molecule has 2 N–H and O–H groups in total. The molecule has 0 aliphatic carbocycles. The number of carbonyl (C=O) groups excluding carboxylic acids is 1. The Morgan fingerprint density at radius 1 is 1.33 bits per heavy atom. The van der Waals surface area contributed by atoms with Crippen LogP contribution < -0.4 is 4.72 Å². The van der Waals surface area contributed by atoms with Crippen molar-refractivity contribution in [3.05, 3.63) is 29.8 Å². The number of benzene rings is 1. The number of sulfonamides is 1. The van der Waals surface area contributed by atoms with Gasteiger partial charge in [-0.1, -0.05) is 13.3 Å². The molecule has 1 aliphatic heterocycles. The van der Waals surface area contributed by atoms with Crippen molar-refractivity contribution >= 4 is 21.6 Å². The van der Waals surface area contributed by atoms with Gasteiger partial charge in [-0.25, -0.2) is 8.42 Å². The number of aliphatic hydroxyl groups is 1. The molecule has 0 unspecified atom stereocenters. The monoisotopic (exact) mass is 312 g/mol. The molecule has 0 radical (unpaired) electrons. The molecule has 0 atom stereocenters. The molecule has 7 heteroatoms. The third kappa shape index (κ3) is 3.95. The van der Waals surface area contributed by atoms with Crippen LogP contribution in [0.2, 0.25) is 0 Å². The lowest BCUT2D eigenvalue weighted by Crippen LogP contribution is -2.63. The number of rotatable bonds is 5. The predicted octanol–water partition coefficient (Wildman–Crippen LogP) is 1.05. The SMILES string of the molecule is CCCC1(O)CN(C(=O)c2ccc(NS(C)(=O)=O)cc2)C1. The van der Waals surface area contributed by atoms with Crippen LogP contribution >= 0.6 is 0 Å². The Morgan fingerprint density at radius 2 is 1.90 bits per heavy atom. The minimum Gasteiger partial charge on any atom is -0.386 e. The van der Waals surface area contributed by atoms with Crippen molar-refractivity contribution in [1.29, 1.82) is 0 Å². The number of anilines is 1. The Balaban J connectivity index is 1.99. The van der Waals surface area contributed by atoms with Crippen LogP contribution in [0.4, 0.5) is 5.69 Å². The van der Waals surface area contributed by atoms with Gasteiger partial charge >= 0.3 is 0 Å². The lowest BCUT2D eigenvalue weighted by molar-refractivity contribution is -0.0860. The van der Waals surface area contributed by atoms with Crippen molar-refractivity contribution in [1.82, 2.24) is 4.90 Å². The summed E-state index contributed by atoms with van der Waals surface area (Å²) < 4.78 is 24.5. The van der Waals surface area contributed by atoms with Crippen molar-refractivity contribution in [3.8, 4) is 0 Å². The van der Waals surface area contributed by atoms with Gasteiger partial charge in [-0.05, 0) is 30.7 Å². The molecule has 0 spiro atoms. The number of β-amino-alcohol motifs (C(OH)–C–C–N with tert-alkyl or cyclic N) is 1. The summed E-state index contributed by atoms with van der Waals surface area (Å²) in [5.41, 5.74) is 0.148. The maximum Gasteiger partial charge on any atom is 0.254 e. The van der Waals surface area contributed by atoms with E-state index in [9.17, 15) is 18.3 Å². The standard InChI is InChI=1S/C14H20N2O4S/c1-3-8-14(18)9-16(10-14)13(17)11-4-6-12(7-5-11)15-21(2,19)20/h4-7,15,18H,3,8-10H2,1-2H3. The van der Waals surface area contributed by atoms with Crippen molar-refractivity contribution in [2.75, 3.05) is 24.1 Å². The number of amides is 1. The van der Waals surface area contributed by atoms with Crippen molar-refractivity contribution in [2.24, 2.45) is 0 Å². The second-order valence-electron chi connectivity index (χ2n) is 5.59. The molecule has 1 aromatic rings. The molecule has 1 aliphatic rings. The maximum atomic E-state index is 12.2. The summed E-state index contributed by atoms with van der Waals surface area (Å²) in [4.78, 5) is 13.8. The van der Waals surface area contributed by atoms with E-state index in [2.05, 4.69) is 4.72 Å². The van der Waals surface area contributed by atoms with Crippen LogP contribution in [0.25, 0.3) is 0 Å². The maximum absolute atomic E-state index is 12.2. The van der Waals surface area contributed by atoms with E-state index in [0.29, 0.717) is 30.8 Å². The molecule has 0 saturated carbocycles. The summed E-state index contributed by atoms with van der Waals surface area (Å²) in [5.74, 6) is -0.151. The minimum atomic E-state index is -3.32. The molecule has 1 heterocycles. The van der Waals surface area contributed by atoms with Crippen LogP contribution in [0.3, 0.4) is 0 Å². The normalized spacial score (nSPS) is 17.2. The number of likely N-dealkylation sites (tertiary alicyclic amines) is 1. The highest BCUT2D eigenvalue weighted by molar-refractivity contribution is 7.92. The van der Waals surface area contributed by atoms with E-state index >= 15 is 0 Å². The van der Waals surface area contributed by atoms with Gasteiger partial charge in [0, 0.05) is 11.3 Å². The Labute approximate surface area is 124 Å². The van der Waals surface area contributed by atoms with Crippen LogP contribution in [0, 0.1) is 0 Å². The van der Waals surface area contributed by atoms with Crippen LogP contribution in [0.1, 0.15) is 30.1 Å². The molecule has 2 rings (SSSR count). The van der Waals surface area contributed by atoms with E-state index in [1.54, 1.807) is 29.2 Å². The van der Waals surface area contributed by atoms with Crippen molar-refractivity contribution < 1.29 is 18.3 Å². The van der Waals surface area contributed by atoms with E-state index in [0.717, 1.165) is 12.7 Å². The highest BCUT2D eigenvalue weighted by atomic mass is 32.2. The van der Waals surface area contributed by atoms with E-state index < -0.39 is 15.6 Å². The molecular weight excluding hydrogens is 292 g/mol. The lowest BCUT2D eigenvalue weighted by atomic mass is 9.89. The molecule has 6 nitrogen and oxygen atoms in total. The van der Waals surface area contributed by atoms with Gasteiger partial charge in [0.05, 0.1) is 24.9 Å². The largest absolute Gasteiger partial charge is 0.386 e. The first-order valence-electron chi connectivity index (χ1n) is 6.82. The second kappa shape index (κ2) is 5.65. The summed E-state index contributed by atoms with van der Waals surface area (Å²) in [5, 5.41) is 10.1. The van der Waals surface area contributed by atoms with Gasteiger partial charge in [-0.2, -0.15) is 0 Å². The van der Waals surface area contributed by atoms with Crippen molar-refractivity contribution in [3.63, 3.8) is 0 Å². The number of hydrogen-bond donors (Lipinski definition) is 2. The predicted molar refractivity (Wildman–Crippen MR) is 80.7 cm³/mol. The molecule has 0 bridgehead atoms. The second-order valence-corrected chi connectivity index (χ2v) is 7.34. The Hall–Kier alpha value is -1.60. The highest BCUT2D eigenvalue weighted by Crippen LogP contribution is 2.27. The number of nitrogens with one attached hydrogen (secondary N) is 1. The van der Waals surface area contributed by atoms with Gasteiger partial charge < -0.3 is 10.0 Å². The zero-order chi connectivity index (χ0) is 15.7. The first-order valence-corrected chi connectivity index (χ1v) is 8.71. The zero-order valence-corrected chi connectivity index (χ0v) is 13.0. The van der Waals surface area contributed by atoms with Crippen LogP contribution in [0.15, 0.2) is 24.3 Å².